The summed E-state index contributed by atoms with van der Waals surface area (Å²) in [6, 6.07) is 10.2. The standard InChI is InChI=1S/C27H37N3O3/c1-2-3-14-21-18-20(13-10-8-6-4-5-7-9-11-17-25(31)32)19-23(27(21)33)22-15-12-16-24-26(22)29-30-28-24/h12,15-16,18-19,33H,2-11,13-14,17H2,1H3,(H,31,32)(H,28,29,30). The van der Waals surface area contributed by atoms with E-state index in [4.69, 9.17) is 5.11 Å². The molecule has 0 atom stereocenters. The number of aromatic nitrogens is 3. The molecule has 0 bridgehead atoms. The third-order valence-electron chi connectivity index (χ3n) is 6.29. The number of nitrogens with zero attached hydrogens (tertiary/aromatic N) is 2. The molecule has 3 N–H and O–H groups in total. The summed E-state index contributed by atoms with van der Waals surface area (Å²) in [6.07, 6.45) is 13.2. The number of carboxylic acid groups (broad SMARTS) is 1. The van der Waals surface area contributed by atoms with Gasteiger partial charge in [0.2, 0.25) is 0 Å². The van der Waals surface area contributed by atoms with Crippen LogP contribution in [0.1, 0.15) is 88.7 Å². The number of aromatic amines is 1. The molecular formula is C27H37N3O3. The van der Waals surface area contributed by atoms with Gasteiger partial charge in [-0.1, -0.05) is 70.1 Å². The Morgan fingerprint density at radius 1 is 0.879 bits per heavy atom. The molecule has 3 rings (SSSR count). The van der Waals surface area contributed by atoms with Gasteiger partial charge in [0.1, 0.15) is 16.8 Å². The summed E-state index contributed by atoms with van der Waals surface area (Å²) >= 11 is 0. The van der Waals surface area contributed by atoms with Crippen molar-refractivity contribution in [3.8, 4) is 16.9 Å². The number of hydrogen-bond acceptors (Lipinski definition) is 4. The van der Waals surface area contributed by atoms with E-state index in [2.05, 4.69) is 34.5 Å². The topological polar surface area (TPSA) is 99.1 Å². The summed E-state index contributed by atoms with van der Waals surface area (Å²) in [5.41, 5.74) is 5.64. The molecule has 3 aromatic rings. The first kappa shape index (κ1) is 24.7. The Kier molecular flexibility index (Phi) is 9.73. The monoisotopic (exact) mass is 451 g/mol. The number of aliphatic carboxylic acids is 1. The number of para-hydroxylation sites is 1. The van der Waals surface area contributed by atoms with Crippen molar-refractivity contribution in [2.45, 2.75) is 90.4 Å². The van der Waals surface area contributed by atoms with Crippen molar-refractivity contribution in [2.75, 3.05) is 0 Å². The average Bonchev–Trinajstić information content (AvgIpc) is 3.29. The molecule has 1 aromatic heterocycles. The highest BCUT2D eigenvalue weighted by Gasteiger charge is 2.15. The maximum atomic E-state index is 11.1. The van der Waals surface area contributed by atoms with E-state index in [1.807, 2.05) is 18.2 Å². The highest BCUT2D eigenvalue weighted by molar-refractivity contribution is 5.93. The van der Waals surface area contributed by atoms with E-state index in [-0.39, 0.29) is 0 Å². The van der Waals surface area contributed by atoms with Crippen LogP contribution in [0.4, 0.5) is 0 Å². The highest BCUT2D eigenvalue weighted by Crippen LogP contribution is 2.37. The second kappa shape index (κ2) is 13.0. The fourth-order valence-corrected chi connectivity index (χ4v) is 4.42. The molecule has 6 heteroatoms. The first-order chi connectivity index (χ1) is 16.1. The molecule has 0 aliphatic carbocycles. The zero-order chi connectivity index (χ0) is 23.5. The zero-order valence-corrected chi connectivity index (χ0v) is 19.8. The lowest BCUT2D eigenvalue weighted by Crippen LogP contribution is -1.95. The van der Waals surface area contributed by atoms with Crippen molar-refractivity contribution in [1.82, 2.24) is 15.4 Å². The Hall–Kier alpha value is -2.89. The van der Waals surface area contributed by atoms with Gasteiger partial charge in [0.25, 0.3) is 0 Å². The van der Waals surface area contributed by atoms with Gasteiger partial charge in [-0.05, 0) is 55.4 Å². The van der Waals surface area contributed by atoms with E-state index in [0.29, 0.717) is 12.2 Å². The number of aryl methyl sites for hydroxylation is 2. The second-order valence-corrected chi connectivity index (χ2v) is 8.97. The number of carboxylic acids is 1. The summed E-state index contributed by atoms with van der Waals surface area (Å²) in [6.45, 7) is 2.17. The molecule has 0 amide bonds. The number of aromatic hydroxyl groups is 1. The molecule has 178 valence electrons. The summed E-state index contributed by atoms with van der Waals surface area (Å²) in [5.74, 6) is -0.325. The predicted octanol–water partition coefficient (Wildman–Crippen LogP) is 6.81. The number of benzene rings is 2. The van der Waals surface area contributed by atoms with E-state index in [0.717, 1.165) is 79.1 Å². The molecular weight excluding hydrogens is 414 g/mol. The highest BCUT2D eigenvalue weighted by atomic mass is 16.4. The molecule has 0 fully saturated rings. The number of nitrogens with one attached hydrogen (secondary N) is 1. The van der Waals surface area contributed by atoms with Crippen LogP contribution in [0, 0.1) is 0 Å². The molecule has 33 heavy (non-hydrogen) atoms. The number of rotatable bonds is 15. The van der Waals surface area contributed by atoms with E-state index in [9.17, 15) is 9.90 Å². The Morgan fingerprint density at radius 2 is 1.61 bits per heavy atom. The number of hydrogen-bond donors (Lipinski definition) is 3. The molecule has 0 aliphatic rings. The molecule has 0 unspecified atom stereocenters. The minimum Gasteiger partial charge on any atom is -0.507 e. The van der Waals surface area contributed by atoms with Gasteiger partial charge < -0.3 is 10.2 Å². The fraction of sp³-hybridized carbons (Fsp3) is 0.519. The molecule has 6 nitrogen and oxygen atoms in total. The second-order valence-electron chi connectivity index (χ2n) is 8.97. The Morgan fingerprint density at radius 3 is 2.33 bits per heavy atom. The van der Waals surface area contributed by atoms with E-state index in [1.54, 1.807) is 0 Å². The van der Waals surface area contributed by atoms with Crippen LogP contribution >= 0.6 is 0 Å². The van der Waals surface area contributed by atoms with E-state index in [1.165, 1.54) is 31.2 Å². The summed E-state index contributed by atoms with van der Waals surface area (Å²) in [7, 11) is 0. The molecule has 1 heterocycles. The first-order valence-electron chi connectivity index (χ1n) is 12.5. The lowest BCUT2D eigenvalue weighted by atomic mass is 9.93. The predicted molar refractivity (Wildman–Crippen MR) is 132 cm³/mol. The lowest BCUT2D eigenvalue weighted by molar-refractivity contribution is -0.137. The Balaban J connectivity index is 1.59. The number of phenols is 1. The van der Waals surface area contributed by atoms with Gasteiger partial charge in [-0.3, -0.25) is 4.79 Å². The minimum absolute atomic E-state index is 0.292. The van der Waals surface area contributed by atoms with E-state index >= 15 is 0 Å². The number of fused-ring (bicyclic) bond motifs is 1. The molecule has 0 radical (unpaired) electrons. The quantitative estimate of drug-likeness (QED) is 0.220. The molecule has 0 saturated heterocycles. The van der Waals surface area contributed by atoms with Gasteiger partial charge in [0.05, 0.1) is 0 Å². The van der Waals surface area contributed by atoms with Gasteiger partial charge in [-0.2, -0.15) is 15.4 Å². The number of H-pyrrole nitrogens is 1. The Labute approximate surface area is 196 Å². The van der Waals surface area contributed by atoms with Crippen molar-refractivity contribution >= 4 is 17.0 Å². The van der Waals surface area contributed by atoms with Crippen LogP contribution in [-0.2, 0) is 17.6 Å². The van der Waals surface area contributed by atoms with Gasteiger partial charge >= 0.3 is 5.97 Å². The third kappa shape index (κ3) is 7.31. The van der Waals surface area contributed by atoms with Gasteiger partial charge in [0, 0.05) is 17.5 Å². The van der Waals surface area contributed by atoms with Crippen molar-refractivity contribution in [3.05, 3.63) is 41.5 Å². The van der Waals surface area contributed by atoms with Crippen molar-refractivity contribution in [2.24, 2.45) is 0 Å². The zero-order valence-electron chi connectivity index (χ0n) is 19.8. The minimum atomic E-state index is -0.692. The van der Waals surface area contributed by atoms with Gasteiger partial charge in [0.15, 0.2) is 0 Å². The third-order valence-corrected chi connectivity index (χ3v) is 6.29. The molecule has 0 saturated carbocycles. The smallest absolute Gasteiger partial charge is 0.303 e. The van der Waals surface area contributed by atoms with Crippen LogP contribution in [0.5, 0.6) is 5.75 Å². The van der Waals surface area contributed by atoms with Crippen molar-refractivity contribution in [3.63, 3.8) is 0 Å². The lowest BCUT2D eigenvalue weighted by Gasteiger charge is -2.14. The van der Waals surface area contributed by atoms with Crippen molar-refractivity contribution in [1.29, 1.82) is 0 Å². The summed E-state index contributed by atoms with van der Waals surface area (Å²) in [4.78, 5) is 10.5. The maximum Gasteiger partial charge on any atom is 0.303 e. The van der Waals surface area contributed by atoms with Crippen LogP contribution in [0.2, 0.25) is 0 Å². The van der Waals surface area contributed by atoms with Crippen LogP contribution < -0.4 is 0 Å². The molecule has 2 aromatic carbocycles. The number of phenolic OH excluding ortho intramolecular Hbond substituents is 1. The maximum absolute atomic E-state index is 11.1. The molecule has 0 aliphatic heterocycles. The van der Waals surface area contributed by atoms with Crippen LogP contribution in [-0.4, -0.2) is 31.6 Å². The Bertz CT molecular complexity index is 1030. The van der Waals surface area contributed by atoms with Crippen molar-refractivity contribution < 1.29 is 15.0 Å². The summed E-state index contributed by atoms with van der Waals surface area (Å²) in [5, 5.41) is 30.9. The number of carbonyl (C=O) groups is 1. The fourth-order valence-electron chi connectivity index (χ4n) is 4.42. The van der Waals surface area contributed by atoms with Gasteiger partial charge in [-0.15, -0.1) is 0 Å². The molecule has 0 spiro atoms. The SMILES string of the molecule is CCCCc1cc(CCCCCCCCCCC(=O)O)cc(-c2cccc3n[nH]nc23)c1O. The largest absolute Gasteiger partial charge is 0.507 e. The van der Waals surface area contributed by atoms with E-state index < -0.39 is 5.97 Å². The average molecular weight is 452 g/mol. The van der Waals surface area contributed by atoms with Crippen LogP contribution in [0.15, 0.2) is 30.3 Å². The normalized spacial score (nSPS) is 11.3. The van der Waals surface area contributed by atoms with Crippen LogP contribution in [0.25, 0.3) is 22.2 Å². The summed E-state index contributed by atoms with van der Waals surface area (Å²) < 4.78 is 0. The number of unbranched alkanes of at least 4 members (excludes halogenated alkanes) is 8. The first-order valence-corrected chi connectivity index (χ1v) is 12.5. The van der Waals surface area contributed by atoms with Gasteiger partial charge in [-0.25, -0.2) is 0 Å². The van der Waals surface area contributed by atoms with Crippen LogP contribution in [0.3, 0.4) is 0 Å².